The lowest BCUT2D eigenvalue weighted by molar-refractivity contribution is -0.162. The van der Waals surface area contributed by atoms with Gasteiger partial charge in [-0.15, -0.1) is 0 Å². The number of rotatable bonds is 16. The molecule has 0 aromatic rings. The van der Waals surface area contributed by atoms with Gasteiger partial charge in [-0.25, -0.2) is 4.79 Å². The molecular formula is C24H40O6. The Balaban J connectivity index is 2.25. The van der Waals surface area contributed by atoms with Gasteiger partial charge < -0.3 is 14.6 Å². The number of ether oxygens (including phenoxy) is 2. The molecule has 0 amide bonds. The molecule has 0 aliphatic heterocycles. The summed E-state index contributed by atoms with van der Waals surface area (Å²) >= 11 is 0. The number of carbonyl (C=O) groups is 3. The van der Waals surface area contributed by atoms with E-state index in [9.17, 15) is 14.4 Å². The second-order valence-corrected chi connectivity index (χ2v) is 8.17. The molecule has 1 saturated carbocycles. The average Bonchev–Trinajstić information content (AvgIpc) is 3.14. The fraction of sp³-hybridized carbons (Fsp3) is 0.792. The number of carbonyl (C=O) groups excluding carboxylic acids is 2. The molecule has 0 unspecified atom stereocenters. The molecule has 1 aliphatic carbocycles. The number of allylic oxidation sites excluding steroid dienone is 1. The van der Waals surface area contributed by atoms with Gasteiger partial charge in [-0.2, -0.15) is 0 Å². The van der Waals surface area contributed by atoms with E-state index in [1.807, 2.05) is 0 Å². The molecule has 0 heterocycles. The molecule has 2 atom stereocenters. The van der Waals surface area contributed by atoms with E-state index in [-0.39, 0.29) is 13.2 Å². The molecule has 1 rings (SSSR count). The van der Waals surface area contributed by atoms with Crippen LogP contribution in [-0.2, 0) is 23.9 Å². The molecule has 0 aromatic heterocycles. The Kier molecular flexibility index (Phi) is 13.9. The number of hydrogen-bond acceptors (Lipinski definition) is 5. The van der Waals surface area contributed by atoms with Gasteiger partial charge in [0.15, 0.2) is 5.92 Å². The number of carboxylic acids is 1. The van der Waals surface area contributed by atoms with Crippen LogP contribution in [0.1, 0.15) is 90.9 Å². The molecule has 6 nitrogen and oxygen atoms in total. The third kappa shape index (κ3) is 10.8. The molecule has 1 N–H and O–H groups in total. The van der Waals surface area contributed by atoms with Crippen LogP contribution in [0.15, 0.2) is 12.2 Å². The van der Waals surface area contributed by atoms with E-state index in [2.05, 4.69) is 0 Å². The highest BCUT2D eigenvalue weighted by atomic mass is 16.6. The van der Waals surface area contributed by atoms with Crippen LogP contribution >= 0.6 is 0 Å². The summed E-state index contributed by atoms with van der Waals surface area (Å²) in [4.78, 5) is 34.5. The van der Waals surface area contributed by atoms with E-state index in [0.717, 1.165) is 50.4 Å². The minimum absolute atomic E-state index is 0.271. The fourth-order valence-corrected chi connectivity index (χ4v) is 4.48. The molecule has 1 fully saturated rings. The third-order valence-corrected chi connectivity index (χ3v) is 5.98. The second-order valence-electron chi connectivity index (χ2n) is 8.17. The zero-order valence-corrected chi connectivity index (χ0v) is 18.8. The van der Waals surface area contributed by atoms with Crippen LogP contribution in [0.5, 0.6) is 0 Å². The van der Waals surface area contributed by atoms with Crippen molar-refractivity contribution in [1.82, 2.24) is 0 Å². The minimum atomic E-state index is -0.873. The molecule has 0 spiro atoms. The van der Waals surface area contributed by atoms with Crippen molar-refractivity contribution < 1.29 is 29.0 Å². The number of aliphatic carboxylic acids is 1. The van der Waals surface area contributed by atoms with Crippen molar-refractivity contribution in [2.24, 2.45) is 17.8 Å². The first-order valence-electron chi connectivity index (χ1n) is 11.7. The molecule has 0 bridgehead atoms. The molecule has 0 aromatic carbocycles. The summed E-state index contributed by atoms with van der Waals surface area (Å²) in [5, 5.41) is 8.60. The van der Waals surface area contributed by atoms with Gasteiger partial charge >= 0.3 is 17.9 Å². The van der Waals surface area contributed by atoms with Crippen molar-refractivity contribution in [3.05, 3.63) is 12.2 Å². The Morgan fingerprint density at radius 3 is 2.00 bits per heavy atom. The quantitative estimate of drug-likeness (QED) is 0.157. The Labute approximate surface area is 181 Å². The molecule has 0 saturated heterocycles. The topological polar surface area (TPSA) is 89.9 Å². The molecular weight excluding hydrogens is 384 g/mol. The predicted molar refractivity (Wildman–Crippen MR) is 116 cm³/mol. The van der Waals surface area contributed by atoms with Gasteiger partial charge in [0.1, 0.15) is 0 Å². The second kappa shape index (κ2) is 15.9. The van der Waals surface area contributed by atoms with E-state index >= 15 is 0 Å². The third-order valence-electron chi connectivity index (χ3n) is 5.98. The fourth-order valence-electron chi connectivity index (χ4n) is 4.48. The molecule has 6 heteroatoms. The maximum absolute atomic E-state index is 12.0. The SMILES string of the molecule is CCOC(=O)C(CCCCC[C@H]1CCC[C@@H]1CCCCC=CC(=O)O)C(=O)OCC. The standard InChI is InChI=1S/C24H40O6/c1-3-29-23(27)21(24(28)30-4-2)17-10-7-9-14-20-16-12-15-19(20)13-8-5-6-11-18-22(25)26/h11,18-21H,3-10,12-17H2,1-2H3,(H,25,26)/t19-,20-/m0/s1. The van der Waals surface area contributed by atoms with Gasteiger partial charge in [0.25, 0.3) is 0 Å². The Morgan fingerprint density at radius 1 is 0.900 bits per heavy atom. The van der Waals surface area contributed by atoms with Crippen LogP contribution in [-0.4, -0.2) is 36.2 Å². The van der Waals surface area contributed by atoms with Gasteiger partial charge in [0, 0.05) is 6.08 Å². The van der Waals surface area contributed by atoms with Crippen molar-refractivity contribution in [3.63, 3.8) is 0 Å². The summed E-state index contributed by atoms with van der Waals surface area (Å²) in [6, 6.07) is 0. The van der Waals surface area contributed by atoms with Gasteiger partial charge in [0.2, 0.25) is 0 Å². The zero-order chi connectivity index (χ0) is 22.2. The van der Waals surface area contributed by atoms with Gasteiger partial charge in [-0.05, 0) is 44.9 Å². The van der Waals surface area contributed by atoms with Gasteiger partial charge in [-0.3, -0.25) is 9.59 Å². The molecule has 172 valence electrons. The van der Waals surface area contributed by atoms with E-state index in [1.54, 1.807) is 19.9 Å². The summed E-state index contributed by atoms with van der Waals surface area (Å²) in [6.07, 6.45) is 15.9. The largest absolute Gasteiger partial charge is 0.478 e. The van der Waals surface area contributed by atoms with Crippen LogP contribution in [0.25, 0.3) is 0 Å². The van der Waals surface area contributed by atoms with Gasteiger partial charge in [0.05, 0.1) is 13.2 Å². The lowest BCUT2D eigenvalue weighted by Gasteiger charge is -2.19. The van der Waals surface area contributed by atoms with Crippen molar-refractivity contribution in [1.29, 1.82) is 0 Å². The average molecular weight is 425 g/mol. The zero-order valence-electron chi connectivity index (χ0n) is 18.8. The first kappa shape index (κ1) is 26.2. The van der Waals surface area contributed by atoms with Crippen molar-refractivity contribution in [2.45, 2.75) is 90.9 Å². The van der Waals surface area contributed by atoms with E-state index in [4.69, 9.17) is 14.6 Å². The van der Waals surface area contributed by atoms with Crippen LogP contribution in [0, 0.1) is 17.8 Å². The summed E-state index contributed by atoms with van der Waals surface area (Å²) in [6.45, 7) is 4.02. The lowest BCUT2D eigenvalue weighted by atomic mass is 9.86. The maximum atomic E-state index is 12.0. The number of carboxylic acid groups (broad SMARTS) is 1. The molecule has 1 aliphatic rings. The molecule has 30 heavy (non-hydrogen) atoms. The highest BCUT2D eigenvalue weighted by Crippen LogP contribution is 2.38. The summed E-state index contributed by atoms with van der Waals surface area (Å²) in [7, 11) is 0. The summed E-state index contributed by atoms with van der Waals surface area (Å²) in [5.41, 5.74) is 0. The van der Waals surface area contributed by atoms with E-state index in [1.165, 1.54) is 38.2 Å². The number of unbranched alkanes of at least 4 members (excludes halogenated alkanes) is 4. The number of esters is 2. The first-order chi connectivity index (χ1) is 14.5. The lowest BCUT2D eigenvalue weighted by Crippen LogP contribution is -2.28. The highest BCUT2D eigenvalue weighted by Gasteiger charge is 2.29. The van der Waals surface area contributed by atoms with Crippen LogP contribution in [0.3, 0.4) is 0 Å². The van der Waals surface area contributed by atoms with E-state index < -0.39 is 23.8 Å². The van der Waals surface area contributed by atoms with Crippen molar-refractivity contribution in [3.8, 4) is 0 Å². The maximum Gasteiger partial charge on any atom is 0.327 e. The summed E-state index contributed by atoms with van der Waals surface area (Å²) in [5.74, 6) is -1.03. The number of hydrogen-bond donors (Lipinski definition) is 1. The monoisotopic (exact) mass is 424 g/mol. The van der Waals surface area contributed by atoms with Crippen LogP contribution in [0.2, 0.25) is 0 Å². The molecule has 0 radical (unpaired) electrons. The van der Waals surface area contributed by atoms with E-state index in [0.29, 0.717) is 6.42 Å². The highest BCUT2D eigenvalue weighted by molar-refractivity contribution is 5.94. The Morgan fingerprint density at radius 2 is 1.47 bits per heavy atom. The minimum Gasteiger partial charge on any atom is -0.478 e. The van der Waals surface area contributed by atoms with Crippen molar-refractivity contribution in [2.75, 3.05) is 13.2 Å². The Bertz CT molecular complexity index is 524. The van der Waals surface area contributed by atoms with Crippen molar-refractivity contribution >= 4 is 17.9 Å². The van der Waals surface area contributed by atoms with Gasteiger partial charge in [-0.1, -0.05) is 63.9 Å². The van der Waals surface area contributed by atoms with Crippen LogP contribution in [0.4, 0.5) is 0 Å². The first-order valence-corrected chi connectivity index (χ1v) is 11.7. The van der Waals surface area contributed by atoms with Crippen LogP contribution < -0.4 is 0 Å². The summed E-state index contributed by atoms with van der Waals surface area (Å²) < 4.78 is 10.0. The smallest absolute Gasteiger partial charge is 0.327 e. The normalized spacial score (nSPS) is 18.8. The predicted octanol–water partition coefficient (Wildman–Crippen LogP) is 5.30. The Hall–Kier alpha value is -1.85.